The lowest BCUT2D eigenvalue weighted by atomic mass is 10.1. The second-order valence-corrected chi connectivity index (χ2v) is 5.34. The van der Waals surface area contributed by atoms with Gasteiger partial charge in [-0.3, -0.25) is 4.99 Å². The predicted octanol–water partition coefficient (Wildman–Crippen LogP) is 2.32. The van der Waals surface area contributed by atoms with E-state index in [4.69, 9.17) is 0 Å². The maximum atomic E-state index is 4.23. The summed E-state index contributed by atoms with van der Waals surface area (Å²) < 4.78 is 0. The Morgan fingerprint density at radius 3 is 2.21 bits per heavy atom. The zero-order valence-corrected chi connectivity index (χ0v) is 13.6. The summed E-state index contributed by atoms with van der Waals surface area (Å²) in [6.45, 7) is 14.4. The van der Waals surface area contributed by atoms with Crippen LogP contribution >= 0.6 is 0 Å². The molecule has 19 heavy (non-hydrogen) atoms. The van der Waals surface area contributed by atoms with E-state index < -0.39 is 0 Å². The quantitative estimate of drug-likeness (QED) is 0.363. The van der Waals surface area contributed by atoms with E-state index in [2.05, 4.69) is 48.2 Å². The van der Waals surface area contributed by atoms with Gasteiger partial charge in [0.1, 0.15) is 0 Å². The van der Waals surface area contributed by atoms with Crippen molar-refractivity contribution < 1.29 is 0 Å². The highest BCUT2D eigenvalue weighted by atomic mass is 15.2. The Balaban J connectivity index is 3.56. The maximum absolute atomic E-state index is 4.23. The second-order valence-electron chi connectivity index (χ2n) is 5.34. The van der Waals surface area contributed by atoms with Gasteiger partial charge in [0.05, 0.1) is 0 Å². The number of rotatable bonds is 10. The zero-order chi connectivity index (χ0) is 14.5. The Labute approximate surface area is 120 Å². The van der Waals surface area contributed by atoms with Gasteiger partial charge in [0, 0.05) is 20.1 Å². The van der Waals surface area contributed by atoms with Gasteiger partial charge in [-0.15, -0.1) is 0 Å². The average Bonchev–Trinajstić information content (AvgIpc) is 2.40. The summed E-state index contributed by atoms with van der Waals surface area (Å²) in [7, 11) is 1.83. The molecule has 0 aliphatic heterocycles. The third kappa shape index (κ3) is 10.8. The van der Waals surface area contributed by atoms with Gasteiger partial charge < -0.3 is 15.5 Å². The van der Waals surface area contributed by atoms with Crippen molar-refractivity contribution >= 4 is 5.96 Å². The first-order valence-electron chi connectivity index (χ1n) is 7.80. The van der Waals surface area contributed by atoms with Crippen LogP contribution in [0.4, 0.5) is 0 Å². The third-order valence-corrected chi connectivity index (χ3v) is 3.33. The molecule has 0 aromatic heterocycles. The van der Waals surface area contributed by atoms with Gasteiger partial charge in [0.15, 0.2) is 5.96 Å². The molecule has 0 bridgehead atoms. The molecule has 0 unspecified atom stereocenters. The highest BCUT2D eigenvalue weighted by molar-refractivity contribution is 5.79. The molecule has 0 aromatic carbocycles. The van der Waals surface area contributed by atoms with Crippen LogP contribution in [-0.2, 0) is 0 Å². The van der Waals surface area contributed by atoms with Crippen molar-refractivity contribution in [3.8, 4) is 0 Å². The molecule has 0 heterocycles. The number of hydrogen-bond donors (Lipinski definition) is 2. The van der Waals surface area contributed by atoms with Gasteiger partial charge in [-0.1, -0.05) is 27.7 Å². The van der Waals surface area contributed by atoms with Crippen LogP contribution in [0, 0.1) is 5.92 Å². The van der Waals surface area contributed by atoms with Crippen molar-refractivity contribution in [3.05, 3.63) is 0 Å². The Morgan fingerprint density at radius 1 is 1.05 bits per heavy atom. The molecule has 0 spiro atoms. The number of unbranched alkanes of at least 4 members (excludes halogenated alkanes) is 1. The molecule has 0 aromatic rings. The van der Waals surface area contributed by atoms with E-state index in [1.807, 2.05) is 7.05 Å². The van der Waals surface area contributed by atoms with Crippen LogP contribution in [0.1, 0.15) is 47.0 Å². The molecule has 4 heteroatoms. The summed E-state index contributed by atoms with van der Waals surface area (Å²) in [4.78, 5) is 6.70. The van der Waals surface area contributed by atoms with E-state index in [9.17, 15) is 0 Å². The van der Waals surface area contributed by atoms with Crippen molar-refractivity contribution in [1.29, 1.82) is 0 Å². The Morgan fingerprint density at radius 2 is 1.68 bits per heavy atom. The summed E-state index contributed by atoms with van der Waals surface area (Å²) >= 11 is 0. The highest BCUT2D eigenvalue weighted by Gasteiger charge is 2.00. The molecule has 2 N–H and O–H groups in total. The van der Waals surface area contributed by atoms with E-state index >= 15 is 0 Å². The minimum absolute atomic E-state index is 0.736. The van der Waals surface area contributed by atoms with Crippen molar-refractivity contribution in [1.82, 2.24) is 15.5 Å². The lowest BCUT2D eigenvalue weighted by molar-refractivity contribution is 0.297. The predicted molar refractivity (Wildman–Crippen MR) is 85.8 cm³/mol. The van der Waals surface area contributed by atoms with Gasteiger partial charge >= 0.3 is 0 Å². The van der Waals surface area contributed by atoms with E-state index in [0.717, 1.165) is 38.1 Å². The normalized spacial score (nSPS) is 12.3. The van der Waals surface area contributed by atoms with E-state index in [-0.39, 0.29) is 0 Å². The zero-order valence-electron chi connectivity index (χ0n) is 13.6. The number of hydrogen-bond acceptors (Lipinski definition) is 2. The third-order valence-electron chi connectivity index (χ3n) is 3.33. The van der Waals surface area contributed by atoms with Gasteiger partial charge in [-0.25, -0.2) is 0 Å². The molecule has 4 nitrogen and oxygen atoms in total. The first-order chi connectivity index (χ1) is 9.13. The largest absolute Gasteiger partial charge is 0.356 e. The number of nitrogens with one attached hydrogen (secondary N) is 2. The van der Waals surface area contributed by atoms with Crippen LogP contribution in [0.3, 0.4) is 0 Å². The van der Waals surface area contributed by atoms with Gasteiger partial charge in [0.25, 0.3) is 0 Å². The minimum atomic E-state index is 0.736. The maximum Gasteiger partial charge on any atom is 0.190 e. The molecule has 0 fully saturated rings. The topological polar surface area (TPSA) is 39.7 Å². The number of nitrogens with zero attached hydrogens (tertiary/aromatic N) is 2. The molecule has 0 amide bonds. The average molecular weight is 270 g/mol. The lowest BCUT2D eigenvalue weighted by Gasteiger charge is -2.18. The number of guanidine groups is 1. The molecule has 0 saturated heterocycles. The molecule has 0 saturated carbocycles. The molecular formula is C15H34N4. The van der Waals surface area contributed by atoms with Crippen molar-refractivity contribution in [3.63, 3.8) is 0 Å². The van der Waals surface area contributed by atoms with E-state index in [0.29, 0.717) is 0 Å². The van der Waals surface area contributed by atoms with Crippen LogP contribution in [0.25, 0.3) is 0 Å². The fourth-order valence-electron chi connectivity index (χ4n) is 1.91. The summed E-state index contributed by atoms with van der Waals surface area (Å²) in [5, 5.41) is 6.72. The van der Waals surface area contributed by atoms with Crippen molar-refractivity contribution in [2.45, 2.75) is 47.0 Å². The summed E-state index contributed by atoms with van der Waals surface area (Å²) in [5.74, 6) is 1.67. The van der Waals surface area contributed by atoms with E-state index in [1.54, 1.807) is 0 Å². The Hall–Kier alpha value is -0.770. The van der Waals surface area contributed by atoms with Crippen molar-refractivity contribution in [2.75, 3.05) is 39.8 Å². The Kier molecular flexibility index (Phi) is 11.8. The van der Waals surface area contributed by atoms with E-state index in [1.165, 1.54) is 25.8 Å². The summed E-state index contributed by atoms with van der Waals surface area (Å²) in [6.07, 6.45) is 3.63. The summed E-state index contributed by atoms with van der Waals surface area (Å²) in [6, 6.07) is 0. The molecule has 0 atom stereocenters. The van der Waals surface area contributed by atoms with Crippen LogP contribution in [0.15, 0.2) is 4.99 Å². The molecule has 0 aliphatic rings. The van der Waals surface area contributed by atoms with Crippen LogP contribution < -0.4 is 10.6 Å². The number of aliphatic imine (C=N–C) groups is 1. The fraction of sp³-hybridized carbons (Fsp3) is 0.933. The molecule has 0 aliphatic carbocycles. The van der Waals surface area contributed by atoms with Crippen molar-refractivity contribution in [2.24, 2.45) is 10.9 Å². The van der Waals surface area contributed by atoms with Crippen LogP contribution in [0.2, 0.25) is 0 Å². The Bertz CT molecular complexity index is 222. The lowest BCUT2D eigenvalue weighted by Crippen LogP contribution is -2.38. The SMILES string of the molecule is CCN(CC)CCCCNC(=NC)NCCC(C)C. The molecular weight excluding hydrogens is 236 g/mol. The molecule has 0 rings (SSSR count). The van der Waals surface area contributed by atoms with Crippen LogP contribution in [0.5, 0.6) is 0 Å². The second kappa shape index (κ2) is 12.3. The van der Waals surface area contributed by atoms with Gasteiger partial charge in [0.2, 0.25) is 0 Å². The smallest absolute Gasteiger partial charge is 0.190 e. The molecule has 0 radical (unpaired) electrons. The minimum Gasteiger partial charge on any atom is -0.356 e. The van der Waals surface area contributed by atoms with Gasteiger partial charge in [-0.2, -0.15) is 0 Å². The monoisotopic (exact) mass is 270 g/mol. The summed E-state index contributed by atoms with van der Waals surface area (Å²) in [5.41, 5.74) is 0. The highest BCUT2D eigenvalue weighted by Crippen LogP contribution is 1.96. The first-order valence-corrected chi connectivity index (χ1v) is 7.80. The van der Waals surface area contributed by atoms with Crippen LogP contribution in [-0.4, -0.2) is 50.6 Å². The first kappa shape index (κ1) is 18.2. The standard InChI is InChI=1S/C15H34N4/c1-6-19(7-2)13-9-8-11-17-15(16-5)18-12-10-14(3)4/h14H,6-13H2,1-5H3,(H2,16,17,18). The van der Waals surface area contributed by atoms with Gasteiger partial charge in [-0.05, 0) is 44.8 Å². The molecule has 114 valence electrons. The fourth-order valence-corrected chi connectivity index (χ4v) is 1.91.